The Morgan fingerprint density at radius 2 is 1.88 bits per heavy atom. The lowest BCUT2D eigenvalue weighted by molar-refractivity contribution is -0.0721. The van der Waals surface area contributed by atoms with Crippen molar-refractivity contribution in [3.05, 3.63) is 35.4 Å². The minimum Gasteiger partial charge on any atom is -0.379 e. The number of rotatable bonds is 7. The number of aliphatic imine (C=N–C) groups is 1. The summed E-state index contributed by atoms with van der Waals surface area (Å²) in [5.41, 5.74) is 2.66. The van der Waals surface area contributed by atoms with Gasteiger partial charge in [0, 0.05) is 52.9 Å². The standard InChI is InChI=1S/C25H40N4O3/c1-26-25(29-10-8-23(9-11-29)32-20-24-7-2-3-14-31-24)27-18-21-5-4-6-22(17-21)19-28-12-15-30-16-13-28/h4-6,17,23-24H,2-3,7-16,18-20H2,1H3,(H,26,27). The van der Waals surface area contributed by atoms with Gasteiger partial charge in [0.2, 0.25) is 0 Å². The summed E-state index contributed by atoms with van der Waals surface area (Å²) in [5, 5.41) is 3.57. The Kier molecular flexibility index (Phi) is 9.20. The van der Waals surface area contributed by atoms with Gasteiger partial charge in [0.1, 0.15) is 0 Å². The molecule has 3 aliphatic rings. The average Bonchev–Trinajstić information content (AvgIpc) is 2.85. The van der Waals surface area contributed by atoms with E-state index in [0.29, 0.717) is 12.2 Å². The molecule has 0 aromatic heterocycles. The molecule has 3 heterocycles. The van der Waals surface area contributed by atoms with Crippen molar-refractivity contribution in [2.45, 2.75) is 57.4 Å². The summed E-state index contributed by atoms with van der Waals surface area (Å²) in [6, 6.07) is 8.88. The first kappa shape index (κ1) is 23.5. The largest absolute Gasteiger partial charge is 0.379 e. The van der Waals surface area contributed by atoms with Gasteiger partial charge in [-0.2, -0.15) is 0 Å². The molecule has 0 amide bonds. The number of morpholine rings is 1. The van der Waals surface area contributed by atoms with E-state index in [1.165, 1.54) is 24.0 Å². The van der Waals surface area contributed by atoms with Crippen LogP contribution in [0.2, 0.25) is 0 Å². The molecule has 7 heteroatoms. The quantitative estimate of drug-likeness (QED) is 0.515. The van der Waals surface area contributed by atoms with Crippen LogP contribution >= 0.6 is 0 Å². The normalized spacial score (nSPS) is 24.0. The van der Waals surface area contributed by atoms with E-state index in [1.54, 1.807) is 0 Å². The molecule has 3 fully saturated rings. The summed E-state index contributed by atoms with van der Waals surface area (Å²) >= 11 is 0. The molecule has 0 saturated carbocycles. The number of nitrogens with zero attached hydrogens (tertiary/aromatic N) is 3. The Balaban J connectivity index is 1.19. The highest BCUT2D eigenvalue weighted by molar-refractivity contribution is 5.79. The summed E-state index contributed by atoms with van der Waals surface area (Å²) in [4.78, 5) is 9.35. The molecule has 0 spiro atoms. The lowest BCUT2D eigenvalue weighted by atomic mass is 10.1. The number of benzene rings is 1. The first-order valence-electron chi connectivity index (χ1n) is 12.4. The molecule has 1 atom stereocenters. The van der Waals surface area contributed by atoms with Crippen LogP contribution in [-0.2, 0) is 27.3 Å². The predicted octanol–water partition coefficient (Wildman–Crippen LogP) is 2.64. The van der Waals surface area contributed by atoms with Gasteiger partial charge < -0.3 is 24.4 Å². The van der Waals surface area contributed by atoms with Crippen molar-refractivity contribution in [2.75, 3.05) is 59.7 Å². The highest BCUT2D eigenvalue weighted by Crippen LogP contribution is 2.18. The molecular weight excluding hydrogens is 404 g/mol. The topological polar surface area (TPSA) is 58.6 Å². The van der Waals surface area contributed by atoms with Crippen LogP contribution in [0.15, 0.2) is 29.3 Å². The molecule has 0 aliphatic carbocycles. The van der Waals surface area contributed by atoms with Crippen LogP contribution in [0.4, 0.5) is 0 Å². The fourth-order valence-corrected chi connectivity index (χ4v) is 4.79. The van der Waals surface area contributed by atoms with Gasteiger partial charge in [-0.15, -0.1) is 0 Å². The molecule has 1 aromatic rings. The van der Waals surface area contributed by atoms with E-state index >= 15 is 0 Å². The summed E-state index contributed by atoms with van der Waals surface area (Å²) < 4.78 is 17.4. The van der Waals surface area contributed by atoms with Crippen LogP contribution in [-0.4, -0.2) is 87.6 Å². The molecule has 7 nitrogen and oxygen atoms in total. The SMILES string of the molecule is CN=C(NCc1cccc(CN2CCOCC2)c1)N1CCC(OCC2CCCCO2)CC1. The van der Waals surface area contributed by atoms with Gasteiger partial charge >= 0.3 is 0 Å². The highest BCUT2D eigenvalue weighted by Gasteiger charge is 2.23. The van der Waals surface area contributed by atoms with Crippen LogP contribution in [0.3, 0.4) is 0 Å². The second-order valence-corrected chi connectivity index (χ2v) is 9.12. The van der Waals surface area contributed by atoms with Crippen LogP contribution in [0.1, 0.15) is 43.2 Å². The molecule has 0 radical (unpaired) electrons. The van der Waals surface area contributed by atoms with E-state index in [4.69, 9.17) is 14.2 Å². The molecule has 1 unspecified atom stereocenters. The molecule has 4 rings (SSSR count). The van der Waals surface area contributed by atoms with Crippen molar-refractivity contribution in [1.29, 1.82) is 0 Å². The third kappa shape index (κ3) is 7.17. The fourth-order valence-electron chi connectivity index (χ4n) is 4.79. The monoisotopic (exact) mass is 444 g/mol. The molecule has 0 bridgehead atoms. The van der Waals surface area contributed by atoms with Gasteiger partial charge in [0.25, 0.3) is 0 Å². The molecule has 178 valence electrons. The Hall–Kier alpha value is -1.67. The zero-order chi connectivity index (χ0) is 22.0. The van der Waals surface area contributed by atoms with E-state index < -0.39 is 0 Å². The first-order valence-corrected chi connectivity index (χ1v) is 12.4. The molecule has 32 heavy (non-hydrogen) atoms. The summed E-state index contributed by atoms with van der Waals surface area (Å²) in [5.74, 6) is 0.984. The first-order chi connectivity index (χ1) is 15.8. The summed E-state index contributed by atoms with van der Waals surface area (Å²) in [6.07, 6.45) is 6.33. The number of ether oxygens (including phenoxy) is 3. The number of hydrogen-bond donors (Lipinski definition) is 1. The minimum absolute atomic E-state index is 0.301. The van der Waals surface area contributed by atoms with Crippen LogP contribution in [0, 0.1) is 0 Å². The summed E-state index contributed by atoms with van der Waals surface area (Å²) in [7, 11) is 1.88. The van der Waals surface area contributed by atoms with Gasteiger partial charge in [-0.05, 0) is 43.2 Å². The lowest BCUT2D eigenvalue weighted by Gasteiger charge is -2.35. The third-order valence-corrected chi connectivity index (χ3v) is 6.70. The molecule has 1 aromatic carbocycles. The van der Waals surface area contributed by atoms with Crippen molar-refractivity contribution >= 4 is 5.96 Å². The Bertz CT molecular complexity index is 709. The maximum atomic E-state index is 6.17. The van der Waals surface area contributed by atoms with E-state index in [9.17, 15) is 0 Å². The van der Waals surface area contributed by atoms with Crippen LogP contribution in [0.25, 0.3) is 0 Å². The van der Waals surface area contributed by atoms with E-state index in [0.717, 1.165) is 90.9 Å². The van der Waals surface area contributed by atoms with Crippen molar-refractivity contribution in [3.63, 3.8) is 0 Å². The Morgan fingerprint density at radius 1 is 1.06 bits per heavy atom. The number of hydrogen-bond acceptors (Lipinski definition) is 5. The van der Waals surface area contributed by atoms with Crippen LogP contribution in [0.5, 0.6) is 0 Å². The van der Waals surface area contributed by atoms with Crippen molar-refractivity contribution < 1.29 is 14.2 Å². The van der Waals surface area contributed by atoms with Gasteiger partial charge in [-0.3, -0.25) is 9.89 Å². The maximum absolute atomic E-state index is 6.17. The lowest BCUT2D eigenvalue weighted by Crippen LogP contribution is -2.47. The fraction of sp³-hybridized carbons (Fsp3) is 0.720. The third-order valence-electron chi connectivity index (χ3n) is 6.70. The molecule has 1 N–H and O–H groups in total. The van der Waals surface area contributed by atoms with Gasteiger partial charge in [-0.1, -0.05) is 24.3 Å². The number of likely N-dealkylation sites (tertiary alicyclic amines) is 1. The Morgan fingerprint density at radius 3 is 2.62 bits per heavy atom. The maximum Gasteiger partial charge on any atom is 0.193 e. The van der Waals surface area contributed by atoms with Crippen molar-refractivity contribution in [3.8, 4) is 0 Å². The smallest absolute Gasteiger partial charge is 0.193 e. The van der Waals surface area contributed by atoms with E-state index in [-0.39, 0.29) is 0 Å². The second-order valence-electron chi connectivity index (χ2n) is 9.12. The second kappa shape index (κ2) is 12.5. The molecule has 3 saturated heterocycles. The zero-order valence-corrected chi connectivity index (χ0v) is 19.6. The number of piperidine rings is 1. The summed E-state index contributed by atoms with van der Waals surface area (Å²) in [6.45, 7) is 9.10. The zero-order valence-electron chi connectivity index (χ0n) is 19.6. The predicted molar refractivity (Wildman–Crippen MR) is 127 cm³/mol. The molecule has 3 aliphatic heterocycles. The molecular formula is C25H40N4O3. The van der Waals surface area contributed by atoms with E-state index in [1.807, 2.05) is 7.05 Å². The van der Waals surface area contributed by atoms with Crippen LogP contribution < -0.4 is 5.32 Å². The average molecular weight is 445 g/mol. The van der Waals surface area contributed by atoms with Gasteiger partial charge in [-0.25, -0.2) is 0 Å². The van der Waals surface area contributed by atoms with E-state index in [2.05, 4.69) is 44.4 Å². The number of guanidine groups is 1. The van der Waals surface area contributed by atoms with Crippen molar-refractivity contribution in [2.24, 2.45) is 4.99 Å². The minimum atomic E-state index is 0.301. The van der Waals surface area contributed by atoms with Gasteiger partial charge in [0.05, 0.1) is 32.0 Å². The Labute approximate surface area is 193 Å². The number of nitrogens with one attached hydrogen (secondary N) is 1. The highest BCUT2D eigenvalue weighted by atomic mass is 16.5. The van der Waals surface area contributed by atoms with Gasteiger partial charge in [0.15, 0.2) is 5.96 Å². The van der Waals surface area contributed by atoms with Crippen molar-refractivity contribution in [1.82, 2.24) is 15.1 Å².